The molecule has 146 valence electrons. The lowest BCUT2D eigenvalue weighted by atomic mass is 10.0. The number of benzene rings is 1. The zero-order valence-electron chi connectivity index (χ0n) is 16.2. The number of hydrogen-bond donors (Lipinski definition) is 0. The second-order valence-electron chi connectivity index (χ2n) is 7.48. The van der Waals surface area contributed by atoms with Gasteiger partial charge in [-0.25, -0.2) is 4.98 Å². The van der Waals surface area contributed by atoms with Gasteiger partial charge in [0.25, 0.3) is 0 Å². The van der Waals surface area contributed by atoms with Gasteiger partial charge < -0.3 is 13.8 Å². The molecule has 1 saturated heterocycles. The fourth-order valence-corrected chi connectivity index (χ4v) is 4.28. The van der Waals surface area contributed by atoms with E-state index in [1.54, 1.807) is 12.3 Å². The number of nitriles is 1. The molecule has 1 aliphatic rings. The number of hydrogen-bond acceptors (Lipinski definition) is 6. The normalized spacial score (nSPS) is 19.6. The summed E-state index contributed by atoms with van der Waals surface area (Å²) in [7, 11) is 0. The summed E-state index contributed by atoms with van der Waals surface area (Å²) in [5, 5.41) is 14.4. The summed E-state index contributed by atoms with van der Waals surface area (Å²) in [5.74, 6) is 0.937. The van der Waals surface area contributed by atoms with Crippen molar-refractivity contribution in [2.75, 3.05) is 6.61 Å². The van der Waals surface area contributed by atoms with Crippen molar-refractivity contribution < 1.29 is 9.26 Å². The van der Waals surface area contributed by atoms with Crippen LogP contribution in [0.5, 0.6) is 0 Å². The number of aromatic nitrogens is 4. The first kappa shape index (κ1) is 17.8. The molecule has 1 aliphatic heterocycles. The minimum atomic E-state index is 0.244. The van der Waals surface area contributed by atoms with Gasteiger partial charge in [-0.1, -0.05) is 12.1 Å². The third-order valence-corrected chi connectivity index (χ3v) is 5.71. The predicted molar refractivity (Wildman–Crippen MR) is 107 cm³/mol. The van der Waals surface area contributed by atoms with Crippen LogP contribution < -0.4 is 0 Å². The first-order chi connectivity index (χ1) is 14.3. The van der Waals surface area contributed by atoms with E-state index in [1.165, 1.54) is 0 Å². The average Bonchev–Trinajstić information content (AvgIpc) is 3.41. The van der Waals surface area contributed by atoms with Crippen molar-refractivity contribution in [3.05, 3.63) is 53.8 Å². The lowest BCUT2D eigenvalue weighted by Gasteiger charge is -2.31. The molecule has 7 nitrogen and oxygen atoms in total. The van der Waals surface area contributed by atoms with Crippen molar-refractivity contribution in [1.82, 2.24) is 19.7 Å². The molecule has 1 fully saturated rings. The van der Waals surface area contributed by atoms with Crippen molar-refractivity contribution in [2.24, 2.45) is 0 Å². The van der Waals surface area contributed by atoms with Gasteiger partial charge in [-0.15, -0.1) is 0 Å². The highest BCUT2D eigenvalue weighted by Crippen LogP contribution is 2.35. The van der Waals surface area contributed by atoms with Gasteiger partial charge in [-0.2, -0.15) is 5.26 Å². The van der Waals surface area contributed by atoms with Crippen molar-refractivity contribution >= 4 is 21.9 Å². The summed E-state index contributed by atoms with van der Waals surface area (Å²) in [6.45, 7) is 2.90. The largest absolute Gasteiger partial charge is 0.378 e. The Morgan fingerprint density at radius 3 is 3.00 bits per heavy atom. The van der Waals surface area contributed by atoms with Crippen LogP contribution in [0.2, 0.25) is 0 Å². The fourth-order valence-electron chi connectivity index (χ4n) is 4.28. The molecule has 1 aromatic carbocycles. The third-order valence-electron chi connectivity index (χ3n) is 5.71. The molecule has 0 unspecified atom stereocenters. The second kappa shape index (κ2) is 7.30. The number of nitrogens with zero attached hydrogens (tertiary/aromatic N) is 5. The molecule has 0 N–H and O–H groups in total. The van der Waals surface area contributed by atoms with Crippen LogP contribution in [0.3, 0.4) is 0 Å². The van der Waals surface area contributed by atoms with Gasteiger partial charge in [0.15, 0.2) is 0 Å². The van der Waals surface area contributed by atoms with Crippen LogP contribution in [0.1, 0.15) is 49.3 Å². The standard InChI is InChI=1S/C22H21N5O2/c1-2-17-11-16(6-7-28-17)27-21(10-15-5-8-29-26-15)25-20-13-24-19-4-3-14(12-23)9-18(19)22(20)27/h3-5,8-9,13,16-17H,2,6-7,10-11H2,1H3/t16-,17-/m1/s1. The molecule has 4 aromatic rings. The van der Waals surface area contributed by atoms with Crippen LogP contribution in [-0.4, -0.2) is 32.4 Å². The molecule has 29 heavy (non-hydrogen) atoms. The van der Waals surface area contributed by atoms with Gasteiger partial charge in [0.05, 0.1) is 47.1 Å². The quantitative estimate of drug-likeness (QED) is 0.522. The smallest absolute Gasteiger partial charge is 0.124 e. The Morgan fingerprint density at radius 1 is 1.28 bits per heavy atom. The Hall–Kier alpha value is -3.24. The molecule has 5 rings (SSSR count). The Bertz CT molecular complexity index is 1210. The lowest BCUT2D eigenvalue weighted by molar-refractivity contribution is -0.00678. The maximum absolute atomic E-state index is 9.40. The molecule has 2 atom stereocenters. The van der Waals surface area contributed by atoms with Gasteiger partial charge >= 0.3 is 0 Å². The first-order valence-electron chi connectivity index (χ1n) is 9.97. The SMILES string of the molecule is CC[C@@H]1C[C@H](n2c(Cc3ccon3)nc3cnc4ccc(C#N)cc4c32)CCO1. The average molecular weight is 387 g/mol. The molecule has 0 spiro atoms. The van der Waals surface area contributed by atoms with E-state index in [9.17, 15) is 5.26 Å². The Labute approximate surface area is 167 Å². The molecule has 3 aromatic heterocycles. The van der Waals surface area contributed by atoms with Crippen molar-refractivity contribution in [1.29, 1.82) is 5.26 Å². The minimum Gasteiger partial charge on any atom is -0.378 e. The second-order valence-corrected chi connectivity index (χ2v) is 7.48. The van der Waals surface area contributed by atoms with Gasteiger partial charge in [-0.05, 0) is 37.5 Å². The van der Waals surface area contributed by atoms with Crippen molar-refractivity contribution in [3.63, 3.8) is 0 Å². The summed E-state index contributed by atoms with van der Waals surface area (Å²) in [4.78, 5) is 9.48. The van der Waals surface area contributed by atoms with E-state index >= 15 is 0 Å². The Morgan fingerprint density at radius 2 is 2.21 bits per heavy atom. The van der Waals surface area contributed by atoms with Crippen LogP contribution >= 0.6 is 0 Å². The van der Waals surface area contributed by atoms with Crippen LogP contribution in [0.4, 0.5) is 0 Å². The Balaban J connectivity index is 1.74. The number of rotatable bonds is 4. The molecule has 0 aliphatic carbocycles. The molecule has 0 saturated carbocycles. The fraction of sp³-hybridized carbons (Fsp3) is 0.364. The van der Waals surface area contributed by atoms with E-state index in [4.69, 9.17) is 14.2 Å². The summed E-state index contributed by atoms with van der Waals surface area (Å²) in [6.07, 6.45) is 7.09. The zero-order valence-corrected chi connectivity index (χ0v) is 16.2. The summed E-state index contributed by atoms with van der Waals surface area (Å²) >= 11 is 0. The van der Waals surface area contributed by atoms with E-state index in [1.807, 2.05) is 24.4 Å². The number of imidazole rings is 1. The first-order valence-corrected chi connectivity index (χ1v) is 9.97. The molecular weight excluding hydrogens is 366 g/mol. The lowest BCUT2D eigenvalue weighted by Crippen LogP contribution is -2.28. The third kappa shape index (κ3) is 3.15. The van der Waals surface area contributed by atoms with Crippen LogP contribution in [0, 0.1) is 11.3 Å². The minimum absolute atomic E-state index is 0.244. The maximum atomic E-state index is 9.40. The summed E-state index contributed by atoms with van der Waals surface area (Å²) < 4.78 is 13.3. The van der Waals surface area contributed by atoms with E-state index in [0.717, 1.165) is 59.3 Å². The van der Waals surface area contributed by atoms with Crippen LogP contribution in [-0.2, 0) is 11.2 Å². The van der Waals surface area contributed by atoms with Crippen LogP contribution in [0.15, 0.2) is 41.2 Å². The maximum Gasteiger partial charge on any atom is 0.124 e. The Kier molecular flexibility index (Phi) is 4.49. The van der Waals surface area contributed by atoms with Gasteiger partial charge in [0, 0.05) is 24.1 Å². The monoisotopic (exact) mass is 387 g/mol. The molecule has 0 amide bonds. The van der Waals surface area contributed by atoms with E-state index in [2.05, 4.69) is 27.7 Å². The van der Waals surface area contributed by atoms with E-state index in [-0.39, 0.29) is 12.1 Å². The molecular formula is C22H21N5O2. The van der Waals surface area contributed by atoms with Gasteiger partial charge in [0.1, 0.15) is 17.6 Å². The molecule has 0 bridgehead atoms. The topological polar surface area (TPSA) is 89.8 Å². The summed E-state index contributed by atoms with van der Waals surface area (Å²) in [6, 6.07) is 10.0. The molecule has 7 heteroatoms. The highest BCUT2D eigenvalue weighted by molar-refractivity contribution is 6.02. The summed E-state index contributed by atoms with van der Waals surface area (Å²) in [5.41, 5.74) is 4.20. The van der Waals surface area contributed by atoms with E-state index in [0.29, 0.717) is 12.0 Å². The number of fused-ring (bicyclic) bond motifs is 3. The van der Waals surface area contributed by atoms with E-state index < -0.39 is 0 Å². The highest BCUT2D eigenvalue weighted by atomic mass is 16.5. The van der Waals surface area contributed by atoms with Gasteiger partial charge in [-0.3, -0.25) is 4.98 Å². The molecule has 4 heterocycles. The predicted octanol–water partition coefficient (Wildman–Crippen LogP) is 4.17. The zero-order chi connectivity index (χ0) is 19.8. The number of pyridine rings is 1. The molecule has 0 radical (unpaired) electrons. The van der Waals surface area contributed by atoms with Crippen LogP contribution in [0.25, 0.3) is 21.9 Å². The van der Waals surface area contributed by atoms with Crippen molar-refractivity contribution in [3.8, 4) is 6.07 Å². The van der Waals surface area contributed by atoms with Crippen molar-refractivity contribution in [2.45, 2.75) is 44.8 Å². The highest BCUT2D eigenvalue weighted by Gasteiger charge is 2.27. The number of ether oxygens (including phenoxy) is 1. The van der Waals surface area contributed by atoms with Gasteiger partial charge in [0.2, 0.25) is 0 Å².